The summed E-state index contributed by atoms with van der Waals surface area (Å²) in [6.07, 6.45) is 1.86. The zero-order chi connectivity index (χ0) is 18.1. The normalized spacial score (nSPS) is 10.8. The molecule has 3 rings (SSSR count). The molecule has 4 heteroatoms. The summed E-state index contributed by atoms with van der Waals surface area (Å²) < 4.78 is 11.0. The second kappa shape index (κ2) is 6.63. The largest absolute Gasteiger partial charge is 0.493 e. The fourth-order valence-corrected chi connectivity index (χ4v) is 3.16. The van der Waals surface area contributed by atoms with Crippen LogP contribution < -0.4 is 14.4 Å². The Hall–Kier alpha value is -2.75. The molecule has 0 aliphatic heterocycles. The number of benzene rings is 2. The summed E-state index contributed by atoms with van der Waals surface area (Å²) in [6, 6.07) is 10.5. The van der Waals surface area contributed by atoms with Crippen molar-refractivity contribution in [2.24, 2.45) is 0 Å². The van der Waals surface area contributed by atoms with Crippen LogP contribution >= 0.6 is 0 Å². The summed E-state index contributed by atoms with van der Waals surface area (Å²) in [5.41, 5.74) is 4.87. The summed E-state index contributed by atoms with van der Waals surface area (Å²) in [6.45, 7) is 4.31. The number of nitrogens with zero attached hydrogens (tertiary/aromatic N) is 2. The SMILES string of the molecule is COc1cc2cc(C)c(C)c(-c3ccnc(N(C)C)c3)c2cc1OC. The molecule has 0 saturated carbocycles. The van der Waals surface area contributed by atoms with Gasteiger partial charge < -0.3 is 14.4 Å². The van der Waals surface area contributed by atoms with E-state index in [1.165, 1.54) is 16.7 Å². The average molecular weight is 336 g/mol. The summed E-state index contributed by atoms with van der Waals surface area (Å²) in [5.74, 6) is 2.42. The highest BCUT2D eigenvalue weighted by molar-refractivity contribution is 6.01. The number of methoxy groups -OCH3 is 2. The van der Waals surface area contributed by atoms with Gasteiger partial charge in [-0.05, 0) is 71.1 Å². The van der Waals surface area contributed by atoms with Gasteiger partial charge in [-0.3, -0.25) is 0 Å². The van der Waals surface area contributed by atoms with E-state index in [4.69, 9.17) is 9.47 Å². The zero-order valence-corrected chi connectivity index (χ0v) is 15.7. The lowest BCUT2D eigenvalue weighted by molar-refractivity contribution is 0.356. The molecule has 0 aliphatic rings. The van der Waals surface area contributed by atoms with Crippen LogP contribution in [0.5, 0.6) is 11.5 Å². The van der Waals surface area contributed by atoms with Gasteiger partial charge in [0.25, 0.3) is 0 Å². The highest BCUT2D eigenvalue weighted by atomic mass is 16.5. The van der Waals surface area contributed by atoms with Crippen LogP contribution in [-0.4, -0.2) is 33.3 Å². The first kappa shape index (κ1) is 17.1. The van der Waals surface area contributed by atoms with Gasteiger partial charge in [-0.2, -0.15) is 0 Å². The topological polar surface area (TPSA) is 34.6 Å². The van der Waals surface area contributed by atoms with Crippen LogP contribution in [0.25, 0.3) is 21.9 Å². The Bertz CT molecular complexity index is 933. The predicted molar refractivity (Wildman–Crippen MR) is 104 cm³/mol. The van der Waals surface area contributed by atoms with Crippen molar-refractivity contribution in [3.8, 4) is 22.6 Å². The van der Waals surface area contributed by atoms with E-state index < -0.39 is 0 Å². The number of anilines is 1. The van der Waals surface area contributed by atoms with E-state index in [0.29, 0.717) is 0 Å². The third-order valence-electron chi connectivity index (χ3n) is 4.66. The Balaban J connectivity index is 2.36. The predicted octanol–water partition coefficient (Wildman–Crippen LogP) is 4.60. The number of hydrogen-bond acceptors (Lipinski definition) is 4. The molecule has 0 amide bonds. The fourth-order valence-electron chi connectivity index (χ4n) is 3.16. The number of pyridine rings is 1. The molecule has 130 valence electrons. The smallest absolute Gasteiger partial charge is 0.161 e. The molecule has 0 aliphatic carbocycles. The maximum Gasteiger partial charge on any atom is 0.161 e. The van der Waals surface area contributed by atoms with Crippen molar-refractivity contribution in [1.82, 2.24) is 4.98 Å². The van der Waals surface area contributed by atoms with Gasteiger partial charge in [0.05, 0.1) is 14.2 Å². The van der Waals surface area contributed by atoms with Gasteiger partial charge in [-0.15, -0.1) is 0 Å². The zero-order valence-electron chi connectivity index (χ0n) is 15.7. The second-order valence-corrected chi connectivity index (χ2v) is 6.42. The number of hydrogen-bond donors (Lipinski definition) is 0. The highest BCUT2D eigenvalue weighted by Crippen LogP contribution is 2.40. The second-order valence-electron chi connectivity index (χ2n) is 6.42. The van der Waals surface area contributed by atoms with Crippen molar-refractivity contribution >= 4 is 16.6 Å². The molecule has 2 aromatic carbocycles. The number of fused-ring (bicyclic) bond motifs is 1. The monoisotopic (exact) mass is 336 g/mol. The maximum absolute atomic E-state index is 5.52. The third-order valence-corrected chi connectivity index (χ3v) is 4.66. The molecule has 0 bridgehead atoms. The van der Waals surface area contributed by atoms with E-state index in [0.717, 1.165) is 33.7 Å². The quantitative estimate of drug-likeness (QED) is 0.697. The summed E-state index contributed by atoms with van der Waals surface area (Å²) in [5, 5.41) is 2.29. The molecule has 0 spiro atoms. The van der Waals surface area contributed by atoms with Crippen molar-refractivity contribution in [2.75, 3.05) is 33.2 Å². The van der Waals surface area contributed by atoms with Gasteiger partial charge in [-0.25, -0.2) is 4.98 Å². The summed E-state index contributed by atoms with van der Waals surface area (Å²) in [4.78, 5) is 6.45. The molecule has 0 unspecified atom stereocenters. The Morgan fingerprint density at radius 3 is 2.24 bits per heavy atom. The molecule has 0 fully saturated rings. The van der Waals surface area contributed by atoms with E-state index >= 15 is 0 Å². The number of ether oxygens (including phenoxy) is 2. The van der Waals surface area contributed by atoms with Crippen LogP contribution in [0.3, 0.4) is 0 Å². The van der Waals surface area contributed by atoms with Crippen molar-refractivity contribution in [3.63, 3.8) is 0 Å². The standard InChI is InChI=1S/C21H24N2O2/c1-13-9-16-10-18(24-5)19(25-6)12-17(16)21(14(13)2)15-7-8-22-20(11-15)23(3)4/h7-12H,1-6H3. The minimum absolute atomic E-state index is 0.737. The van der Waals surface area contributed by atoms with Crippen LogP contribution in [0.15, 0.2) is 36.5 Å². The summed E-state index contributed by atoms with van der Waals surface area (Å²) in [7, 11) is 7.33. The van der Waals surface area contributed by atoms with E-state index in [1.54, 1.807) is 14.2 Å². The van der Waals surface area contributed by atoms with Crippen molar-refractivity contribution in [3.05, 3.63) is 47.7 Å². The third kappa shape index (κ3) is 3.00. The van der Waals surface area contributed by atoms with E-state index in [-0.39, 0.29) is 0 Å². The van der Waals surface area contributed by atoms with Crippen molar-refractivity contribution in [2.45, 2.75) is 13.8 Å². The molecule has 25 heavy (non-hydrogen) atoms. The van der Waals surface area contributed by atoms with Crippen LogP contribution in [0.4, 0.5) is 5.82 Å². The van der Waals surface area contributed by atoms with Gasteiger partial charge in [-0.1, -0.05) is 6.07 Å². The number of aryl methyl sites for hydroxylation is 1. The van der Waals surface area contributed by atoms with E-state index in [9.17, 15) is 0 Å². The van der Waals surface area contributed by atoms with Crippen LogP contribution in [0.2, 0.25) is 0 Å². The molecule has 0 radical (unpaired) electrons. The number of aromatic nitrogens is 1. The molecule has 0 saturated heterocycles. The van der Waals surface area contributed by atoms with Crippen LogP contribution in [0.1, 0.15) is 11.1 Å². The average Bonchev–Trinajstić information content (AvgIpc) is 2.61. The lowest BCUT2D eigenvalue weighted by Crippen LogP contribution is -2.10. The Morgan fingerprint density at radius 2 is 1.60 bits per heavy atom. The van der Waals surface area contributed by atoms with Gasteiger partial charge in [0.15, 0.2) is 11.5 Å². The first-order valence-electron chi connectivity index (χ1n) is 8.26. The van der Waals surface area contributed by atoms with Gasteiger partial charge in [0, 0.05) is 20.3 Å². The molecule has 0 N–H and O–H groups in total. The van der Waals surface area contributed by atoms with Crippen LogP contribution in [-0.2, 0) is 0 Å². The summed E-state index contributed by atoms with van der Waals surface area (Å²) >= 11 is 0. The lowest BCUT2D eigenvalue weighted by Gasteiger charge is -2.18. The van der Waals surface area contributed by atoms with Crippen LogP contribution in [0, 0.1) is 13.8 Å². The van der Waals surface area contributed by atoms with Crippen molar-refractivity contribution in [1.29, 1.82) is 0 Å². The fraction of sp³-hybridized carbons (Fsp3) is 0.286. The van der Waals surface area contributed by atoms with Crippen molar-refractivity contribution < 1.29 is 9.47 Å². The van der Waals surface area contributed by atoms with Gasteiger partial charge in [0.2, 0.25) is 0 Å². The minimum Gasteiger partial charge on any atom is -0.493 e. The molecule has 0 atom stereocenters. The number of rotatable bonds is 4. The van der Waals surface area contributed by atoms with E-state index in [1.807, 2.05) is 31.3 Å². The Morgan fingerprint density at radius 1 is 0.920 bits per heavy atom. The molecule has 4 nitrogen and oxygen atoms in total. The van der Waals surface area contributed by atoms with Gasteiger partial charge >= 0.3 is 0 Å². The molecule has 3 aromatic rings. The van der Waals surface area contributed by atoms with E-state index in [2.05, 4.69) is 43.1 Å². The maximum atomic E-state index is 5.52. The minimum atomic E-state index is 0.737. The molecule has 1 heterocycles. The lowest BCUT2D eigenvalue weighted by atomic mass is 9.91. The molecule has 1 aromatic heterocycles. The Labute approximate surface area is 149 Å². The first-order valence-corrected chi connectivity index (χ1v) is 8.26. The molecular formula is C21H24N2O2. The van der Waals surface area contributed by atoms with Gasteiger partial charge in [0.1, 0.15) is 5.82 Å². The Kier molecular flexibility index (Phi) is 4.53. The molecular weight excluding hydrogens is 312 g/mol. The highest BCUT2D eigenvalue weighted by Gasteiger charge is 2.15. The first-order chi connectivity index (χ1) is 12.0.